The number of hydrogen-bond donors (Lipinski definition) is 2. The predicted molar refractivity (Wildman–Crippen MR) is 99.3 cm³/mol. The topological polar surface area (TPSA) is 132 Å². The number of Topliss-reactive ketones (excluding diaryl/α,β-unsaturated/α-hetero) is 1. The van der Waals surface area contributed by atoms with Gasteiger partial charge in [-0.2, -0.15) is 0 Å². The van der Waals surface area contributed by atoms with Crippen molar-refractivity contribution in [1.29, 1.82) is 0 Å². The highest BCUT2D eigenvalue weighted by atomic mass is 16.5. The van der Waals surface area contributed by atoms with Crippen LogP contribution in [0.4, 0.5) is 0 Å². The first-order valence-corrected chi connectivity index (χ1v) is 8.97. The number of primary amides is 1. The van der Waals surface area contributed by atoms with E-state index in [4.69, 9.17) is 14.9 Å². The summed E-state index contributed by atoms with van der Waals surface area (Å²) >= 11 is 0. The number of rotatable bonds is 6. The number of amides is 3. The van der Waals surface area contributed by atoms with Gasteiger partial charge in [0, 0.05) is 7.05 Å². The monoisotopic (exact) mass is 393 g/mol. The fraction of sp³-hybridized carbons (Fsp3) is 0.579. The Morgan fingerprint density at radius 2 is 2.00 bits per heavy atom. The third kappa shape index (κ3) is 4.78. The summed E-state index contributed by atoms with van der Waals surface area (Å²) in [7, 11) is 1.40. The highest BCUT2D eigenvalue weighted by molar-refractivity contribution is 6.01. The van der Waals surface area contributed by atoms with E-state index in [9.17, 15) is 19.2 Å². The van der Waals surface area contributed by atoms with Crippen molar-refractivity contribution in [2.45, 2.75) is 52.3 Å². The lowest BCUT2D eigenvalue weighted by molar-refractivity contribution is -0.141. The average Bonchev–Trinajstić information content (AvgIpc) is 3.17. The van der Waals surface area contributed by atoms with E-state index < -0.39 is 41.7 Å². The summed E-state index contributed by atoms with van der Waals surface area (Å²) in [5, 5.41) is 2.72. The van der Waals surface area contributed by atoms with Gasteiger partial charge in [-0.1, -0.05) is 20.8 Å². The highest BCUT2D eigenvalue weighted by Gasteiger charge is 2.45. The molecule has 0 aromatic carbocycles. The second kappa shape index (κ2) is 8.14. The zero-order valence-electron chi connectivity index (χ0n) is 16.8. The van der Waals surface area contributed by atoms with Gasteiger partial charge in [0.15, 0.2) is 11.9 Å². The van der Waals surface area contributed by atoms with Gasteiger partial charge in [0.25, 0.3) is 5.91 Å². The number of nitrogens with zero attached hydrogens (tertiary/aromatic N) is 1. The molecule has 3 atom stereocenters. The van der Waals surface area contributed by atoms with E-state index in [1.165, 1.54) is 19.4 Å². The molecule has 0 spiro atoms. The van der Waals surface area contributed by atoms with E-state index in [0.717, 1.165) is 4.90 Å². The summed E-state index contributed by atoms with van der Waals surface area (Å²) in [5.41, 5.74) is 5.32. The number of carbonyl (C=O) groups is 4. The van der Waals surface area contributed by atoms with Crippen LogP contribution in [-0.4, -0.2) is 60.2 Å². The van der Waals surface area contributed by atoms with Gasteiger partial charge in [-0.05, 0) is 24.8 Å². The Bertz CT molecular complexity index is 779. The van der Waals surface area contributed by atoms with E-state index in [0.29, 0.717) is 17.7 Å². The summed E-state index contributed by atoms with van der Waals surface area (Å²) < 4.78 is 10.3. The molecule has 0 saturated carbocycles. The molecule has 2 heterocycles. The molecule has 9 nitrogen and oxygen atoms in total. The third-order valence-electron chi connectivity index (χ3n) is 4.59. The van der Waals surface area contributed by atoms with E-state index in [1.807, 2.05) is 20.8 Å². The van der Waals surface area contributed by atoms with Crippen molar-refractivity contribution in [3.63, 3.8) is 0 Å². The van der Waals surface area contributed by atoms with Gasteiger partial charge in [-0.25, -0.2) is 0 Å². The minimum atomic E-state index is -1.21. The van der Waals surface area contributed by atoms with Gasteiger partial charge >= 0.3 is 0 Å². The maximum Gasteiger partial charge on any atom is 0.255 e. The minimum Gasteiger partial charge on any atom is -0.469 e. The maximum absolute atomic E-state index is 13.1. The fourth-order valence-corrected chi connectivity index (χ4v) is 3.23. The maximum atomic E-state index is 13.1. The van der Waals surface area contributed by atoms with Crippen LogP contribution in [0, 0.1) is 12.3 Å². The molecule has 3 amide bonds. The zero-order valence-corrected chi connectivity index (χ0v) is 16.8. The number of aryl methyl sites for hydroxylation is 1. The summed E-state index contributed by atoms with van der Waals surface area (Å²) in [4.78, 5) is 50.6. The molecule has 1 saturated heterocycles. The Balaban J connectivity index is 2.25. The summed E-state index contributed by atoms with van der Waals surface area (Å²) in [6.45, 7) is 7.14. The smallest absolute Gasteiger partial charge is 0.255 e. The lowest BCUT2D eigenvalue weighted by Gasteiger charge is -2.32. The van der Waals surface area contributed by atoms with Gasteiger partial charge < -0.3 is 25.1 Å². The first-order chi connectivity index (χ1) is 12.9. The predicted octanol–water partition coefficient (Wildman–Crippen LogP) is 0.403. The van der Waals surface area contributed by atoms with Crippen LogP contribution in [0.1, 0.15) is 43.3 Å². The summed E-state index contributed by atoms with van der Waals surface area (Å²) in [5.74, 6) is -1.75. The van der Waals surface area contributed by atoms with Crippen molar-refractivity contribution in [1.82, 2.24) is 10.2 Å². The lowest BCUT2D eigenvalue weighted by Crippen LogP contribution is -2.56. The van der Waals surface area contributed by atoms with Crippen molar-refractivity contribution in [3.8, 4) is 0 Å². The molecular formula is C19H27N3O6. The number of nitrogens with two attached hydrogens (primary N) is 1. The largest absolute Gasteiger partial charge is 0.469 e. The van der Waals surface area contributed by atoms with Gasteiger partial charge in [0.1, 0.15) is 24.5 Å². The lowest BCUT2D eigenvalue weighted by atomic mass is 9.87. The molecule has 1 aliphatic heterocycles. The standard InChI is InChI=1S/C19H27N3O6/c1-10-11(6-7-27-10)17(25)21-12(8-19(2,3)4)18(26)22(5)14-13(23)9-28-15(14)16(20)24/h6-7,12,14-15H,8-9H2,1-5H3,(H2,20,24)(H,21,25)/t12-,14?,15?/m0/s1. The molecule has 0 aliphatic carbocycles. The van der Waals surface area contributed by atoms with Crippen LogP contribution in [0.25, 0.3) is 0 Å². The summed E-state index contributed by atoms with van der Waals surface area (Å²) in [6.07, 6.45) is 0.508. The van der Waals surface area contributed by atoms with Crippen LogP contribution in [0.5, 0.6) is 0 Å². The number of ketones is 1. The van der Waals surface area contributed by atoms with Crippen LogP contribution < -0.4 is 11.1 Å². The molecule has 28 heavy (non-hydrogen) atoms. The molecular weight excluding hydrogens is 366 g/mol. The molecule has 1 fully saturated rings. The number of likely N-dealkylation sites (N-methyl/N-ethyl adjacent to an activating group) is 1. The normalized spacial score (nSPS) is 20.7. The Labute approximate surface area is 163 Å². The molecule has 1 aliphatic rings. The van der Waals surface area contributed by atoms with E-state index in [1.54, 1.807) is 6.92 Å². The van der Waals surface area contributed by atoms with Gasteiger partial charge in [-0.15, -0.1) is 0 Å². The second-order valence-electron chi connectivity index (χ2n) is 8.18. The van der Waals surface area contributed by atoms with Gasteiger partial charge in [0.05, 0.1) is 11.8 Å². The summed E-state index contributed by atoms with van der Waals surface area (Å²) in [6, 6.07) is -0.501. The van der Waals surface area contributed by atoms with Crippen molar-refractivity contribution in [2.75, 3.05) is 13.7 Å². The first-order valence-electron chi connectivity index (χ1n) is 8.97. The van der Waals surface area contributed by atoms with Crippen LogP contribution in [0.3, 0.4) is 0 Å². The quantitative estimate of drug-likeness (QED) is 0.719. The van der Waals surface area contributed by atoms with Crippen LogP contribution in [0.15, 0.2) is 16.7 Å². The van der Waals surface area contributed by atoms with Crippen molar-refractivity contribution in [3.05, 3.63) is 23.7 Å². The number of carbonyl (C=O) groups excluding carboxylic acids is 4. The van der Waals surface area contributed by atoms with Crippen molar-refractivity contribution < 1.29 is 28.3 Å². The van der Waals surface area contributed by atoms with Crippen molar-refractivity contribution >= 4 is 23.5 Å². The molecule has 0 radical (unpaired) electrons. The third-order valence-corrected chi connectivity index (χ3v) is 4.59. The van der Waals surface area contributed by atoms with E-state index in [-0.39, 0.29) is 12.0 Å². The first kappa shape index (κ1) is 21.6. The molecule has 154 valence electrons. The number of nitrogens with one attached hydrogen (secondary N) is 1. The second-order valence-corrected chi connectivity index (χ2v) is 8.18. The van der Waals surface area contributed by atoms with Crippen LogP contribution in [-0.2, 0) is 19.1 Å². The molecule has 1 aromatic heterocycles. The molecule has 1 aromatic rings. The van der Waals surface area contributed by atoms with Crippen molar-refractivity contribution in [2.24, 2.45) is 11.1 Å². The van der Waals surface area contributed by atoms with E-state index >= 15 is 0 Å². The number of hydrogen-bond acceptors (Lipinski definition) is 6. The Kier molecular flexibility index (Phi) is 6.28. The zero-order chi connectivity index (χ0) is 21.2. The Hall–Kier alpha value is -2.68. The van der Waals surface area contributed by atoms with Gasteiger partial charge in [0.2, 0.25) is 11.8 Å². The Morgan fingerprint density at radius 3 is 2.50 bits per heavy atom. The van der Waals surface area contributed by atoms with Crippen LogP contribution in [0.2, 0.25) is 0 Å². The molecule has 2 unspecified atom stereocenters. The Morgan fingerprint density at radius 1 is 1.36 bits per heavy atom. The van der Waals surface area contributed by atoms with E-state index in [2.05, 4.69) is 5.32 Å². The molecule has 3 N–H and O–H groups in total. The number of furan rings is 1. The average molecular weight is 393 g/mol. The SMILES string of the molecule is Cc1occc1C(=O)N[C@@H](CC(C)(C)C)C(=O)N(C)C1C(=O)COC1C(N)=O. The fourth-order valence-electron chi connectivity index (χ4n) is 3.23. The van der Waals surface area contributed by atoms with Gasteiger partial charge in [-0.3, -0.25) is 19.2 Å². The molecule has 0 bridgehead atoms. The number of ether oxygens (including phenoxy) is 1. The molecule has 2 rings (SSSR count). The minimum absolute atomic E-state index is 0.291. The highest BCUT2D eigenvalue weighted by Crippen LogP contribution is 2.24. The van der Waals surface area contributed by atoms with Crippen LogP contribution >= 0.6 is 0 Å². The molecule has 9 heteroatoms.